The molecule has 0 aliphatic heterocycles. The van der Waals surface area contributed by atoms with Gasteiger partial charge in [-0.05, 0) is 39.2 Å². The molecule has 1 aliphatic rings. The lowest BCUT2D eigenvalue weighted by Gasteiger charge is -2.38. The quantitative estimate of drug-likeness (QED) is 0.613. The van der Waals surface area contributed by atoms with Gasteiger partial charge in [-0.2, -0.15) is 0 Å². The van der Waals surface area contributed by atoms with Crippen LogP contribution in [0.3, 0.4) is 0 Å². The zero-order valence-corrected chi connectivity index (χ0v) is 13.6. The average molecular weight is 286 g/mol. The van der Waals surface area contributed by atoms with E-state index in [0.717, 1.165) is 25.9 Å². The van der Waals surface area contributed by atoms with Gasteiger partial charge >= 0.3 is 5.97 Å². The second-order valence-corrected chi connectivity index (χ2v) is 5.82. The minimum absolute atomic E-state index is 0.134. The van der Waals surface area contributed by atoms with Crippen LogP contribution in [0.5, 0.6) is 0 Å². The van der Waals surface area contributed by atoms with Crippen molar-refractivity contribution in [3.63, 3.8) is 0 Å². The van der Waals surface area contributed by atoms with E-state index in [1.807, 2.05) is 6.92 Å². The number of nitrogens with one attached hydrogen (secondary N) is 1. The van der Waals surface area contributed by atoms with Gasteiger partial charge in [0, 0.05) is 26.2 Å². The van der Waals surface area contributed by atoms with E-state index in [-0.39, 0.29) is 5.97 Å². The number of rotatable bonds is 10. The molecule has 0 aromatic heterocycles. The minimum atomic E-state index is -0.568. The lowest BCUT2D eigenvalue weighted by Crippen LogP contribution is -2.62. The Labute approximate surface area is 123 Å². The van der Waals surface area contributed by atoms with Crippen molar-refractivity contribution in [3.8, 4) is 0 Å². The van der Waals surface area contributed by atoms with Gasteiger partial charge in [0.15, 0.2) is 0 Å². The van der Waals surface area contributed by atoms with Crippen LogP contribution in [0, 0.1) is 5.92 Å². The fraction of sp³-hybridized carbons (Fsp3) is 0.933. The molecule has 1 fully saturated rings. The Morgan fingerprint density at radius 3 is 2.45 bits per heavy atom. The van der Waals surface area contributed by atoms with Gasteiger partial charge in [0.05, 0.1) is 13.7 Å². The van der Waals surface area contributed by atoms with Gasteiger partial charge in [-0.15, -0.1) is 0 Å². The molecular formula is C15H30N2O3. The highest BCUT2D eigenvalue weighted by atomic mass is 16.5. The fourth-order valence-electron chi connectivity index (χ4n) is 2.76. The summed E-state index contributed by atoms with van der Waals surface area (Å²) in [7, 11) is 3.18. The first-order valence-electron chi connectivity index (χ1n) is 7.58. The molecule has 0 radical (unpaired) electrons. The van der Waals surface area contributed by atoms with Gasteiger partial charge in [-0.25, -0.2) is 4.79 Å². The summed E-state index contributed by atoms with van der Waals surface area (Å²) in [6, 6.07) is 0.367. The zero-order chi connectivity index (χ0) is 15.2. The Hall–Kier alpha value is -0.650. The van der Waals surface area contributed by atoms with E-state index >= 15 is 0 Å². The topological polar surface area (TPSA) is 50.8 Å². The number of esters is 1. The SMILES string of the molecule is CCNC(CN(CCOC)C(C)C)(C(=O)OC)C1CC1. The molecule has 0 bridgehead atoms. The summed E-state index contributed by atoms with van der Waals surface area (Å²) >= 11 is 0. The second kappa shape index (κ2) is 7.96. The van der Waals surface area contributed by atoms with Gasteiger partial charge in [-0.3, -0.25) is 4.90 Å². The molecule has 0 aromatic rings. The van der Waals surface area contributed by atoms with E-state index in [9.17, 15) is 4.79 Å². The van der Waals surface area contributed by atoms with Crippen LogP contribution in [0.15, 0.2) is 0 Å². The number of likely N-dealkylation sites (N-methyl/N-ethyl adjacent to an activating group) is 1. The average Bonchev–Trinajstić information content (AvgIpc) is 3.25. The monoisotopic (exact) mass is 286 g/mol. The highest BCUT2D eigenvalue weighted by Gasteiger charge is 2.52. The van der Waals surface area contributed by atoms with Crippen molar-refractivity contribution in [2.45, 2.75) is 45.2 Å². The molecule has 1 atom stereocenters. The van der Waals surface area contributed by atoms with Gasteiger partial charge in [0.1, 0.15) is 5.54 Å². The summed E-state index contributed by atoms with van der Waals surface area (Å²) in [5.41, 5.74) is -0.568. The maximum Gasteiger partial charge on any atom is 0.327 e. The maximum atomic E-state index is 12.4. The van der Waals surface area contributed by atoms with Gasteiger partial charge in [0.2, 0.25) is 0 Å². The highest BCUT2D eigenvalue weighted by molar-refractivity contribution is 5.82. The summed E-state index contributed by atoms with van der Waals surface area (Å²) in [6.45, 7) is 9.28. The van der Waals surface area contributed by atoms with Crippen molar-refractivity contribution in [3.05, 3.63) is 0 Å². The normalized spacial score (nSPS) is 18.4. The van der Waals surface area contributed by atoms with Crippen LogP contribution < -0.4 is 5.32 Å². The maximum absolute atomic E-state index is 12.4. The summed E-state index contributed by atoms with van der Waals surface area (Å²) < 4.78 is 10.3. The van der Waals surface area contributed by atoms with Crippen LogP contribution >= 0.6 is 0 Å². The molecule has 0 spiro atoms. The van der Waals surface area contributed by atoms with E-state index in [2.05, 4.69) is 24.1 Å². The van der Waals surface area contributed by atoms with Crippen molar-refractivity contribution in [2.24, 2.45) is 5.92 Å². The van der Waals surface area contributed by atoms with E-state index < -0.39 is 5.54 Å². The third kappa shape index (κ3) is 4.17. The lowest BCUT2D eigenvalue weighted by atomic mass is 9.91. The molecule has 0 amide bonds. The molecule has 5 nitrogen and oxygen atoms in total. The standard InChI is InChI=1S/C15H30N2O3/c1-6-16-15(13-7-8-13,14(18)20-5)11-17(12(2)3)9-10-19-4/h12-13,16H,6-11H2,1-5H3. The fourth-order valence-corrected chi connectivity index (χ4v) is 2.76. The summed E-state index contributed by atoms with van der Waals surface area (Å²) in [5.74, 6) is 0.253. The molecule has 0 heterocycles. The van der Waals surface area contributed by atoms with Gasteiger partial charge in [-0.1, -0.05) is 6.92 Å². The lowest BCUT2D eigenvalue weighted by molar-refractivity contribution is -0.151. The van der Waals surface area contributed by atoms with E-state index in [1.54, 1.807) is 7.11 Å². The Bertz CT molecular complexity index is 305. The molecular weight excluding hydrogens is 256 g/mol. The van der Waals surface area contributed by atoms with Crippen LogP contribution in [-0.2, 0) is 14.3 Å². The van der Waals surface area contributed by atoms with Crippen molar-refractivity contribution < 1.29 is 14.3 Å². The van der Waals surface area contributed by atoms with Crippen molar-refractivity contribution in [1.82, 2.24) is 10.2 Å². The Morgan fingerprint density at radius 1 is 1.40 bits per heavy atom. The van der Waals surface area contributed by atoms with E-state index in [0.29, 0.717) is 25.1 Å². The van der Waals surface area contributed by atoms with E-state index in [1.165, 1.54) is 7.11 Å². The molecule has 118 valence electrons. The number of ether oxygens (including phenoxy) is 2. The van der Waals surface area contributed by atoms with Crippen LogP contribution in [0.4, 0.5) is 0 Å². The van der Waals surface area contributed by atoms with Gasteiger partial charge < -0.3 is 14.8 Å². The molecule has 5 heteroatoms. The van der Waals surface area contributed by atoms with Crippen molar-refractivity contribution >= 4 is 5.97 Å². The second-order valence-electron chi connectivity index (χ2n) is 5.82. The number of methoxy groups -OCH3 is 2. The molecule has 1 N–H and O–H groups in total. The summed E-state index contributed by atoms with van der Waals surface area (Å²) in [5, 5.41) is 3.41. The van der Waals surface area contributed by atoms with Crippen LogP contribution in [0.2, 0.25) is 0 Å². The molecule has 20 heavy (non-hydrogen) atoms. The molecule has 1 rings (SSSR count). The van der Waals surface area contributed by atoms with Crippen molar-refractivity contribution in [1.29, 1.82) is 0 Å². The molecule has 1 unspecified atom stereocenters. The molecule has 1 saturated carbocycles. The molecule has 0 saturated heterocycles. The Morgan fingerprint density at radius 2 is 2.05 bits per heavy atom. The third-order valence-corrected chi connectivity index (χ3v) is 4.08. The summed E-state index contributed by atoms with van der Waals surface area (Å²) in [4.78, 5) is 14.7. The van der Waals surface area contributed by atoms with Gasteiger partial charge in [0.25, 0.3) is 0 Å². The molecule has 0 aromatic carbocycles. The summed E-state index contributed by atoms with van der Waals surface area (Å²) in [6.07, 6.45) is 2.19. The van der Waals surface area contributed by atoms with Crippen LogP contribution in [0.25, 0.3) is 0 Å². The third-order valence-electron chi connectivity index (χ3n) is 4.08. The Balaban J connectivity index is 2.87. The number of carbonyl (C=O) groups is 1. The smallest absolute Gasteiger partial charge is 0.327 e. The Kier molecular flexibility index (Phi) is 6.92. The minimum Gasteiger partial charge on any atom is -0.468 e. The first-order valence-corrected chi connectivity index (χ1v) is 7.58. The number of carbonyl (C=O) groups excluding carboxylic acids is 1. The van der Waals surface area contributed by atoms with E-state index in [4.69, 9.17) is 9.47 Å². The molecule has 1 aliphatic carbocycles. The predicted octanol–water partition coefficient (Wildman–Crippen LogP) is 1.27. The number of nitrogens with zero attached hydrogens (tertiary/aromatic N) is 1. The zero-order valence-electron chi connectivity index (χ0n) is 13.6. The number of hydrogen-bond donors (Lipinski definition) is 1. The predicted molar refractivity (Wildman–Crippen MR) is 79.7 cm³/mol. The highest BCUT2D eigenvalue weighted by Crippen LogP contribution is 2.41. The van der Waals surface area contributed by atoms with Crippen LogP contribution in [0.1, 0.15) is 33.6 Å². The first kappa shape index (κ1) is 17.4. The van der Waals surface area contributed by atoms with Crippen LogP contribution in [-0.4, -0.2) is 62.9 Å². The van der Waals surface area contributed by atoms with Crippen molar-refractivity contribution in [2.75, 3.05) is 40.5 Å². The first-order chi connectivity index (χ1) is 9.51. The largest absolute Gasteiger partial charge is 0.468 e. The number of hydrogen-bond acceptors (Lipinski definition) is 5.